The van der Waals surface area contributed by atoms with Crippen LogP contribution in [0.1, 0.15) is 163 Å². The summed E-state index contributed by atoms with van der Waals surface area (Å²) >= 11 is 7.50. The Hall–Kier alpha value is 2.62. The molecular formula is C51H94Se4Si6Sn. The Balaban J connectivity index is 0.000000399. The fourth-order valence-electron chi connectivity index (χ4n) is 13.5. The van der Waals surface area contributed by atoms with Gasteiger partial charge in [-0.15, -0.1) is 0 Å². The fraction of sp³-hybridized carbons (Fsp3) is 0.765. The summed E-state index contributed by atoms with van der Waals surface area (Å²) in [6, 6.07) is 18.8. The van der Waals surface area contributed by atoms with E-state index in [-0.39, 0.29) is 23.9 Å². The summed E-state index contributed by atoms with van der Waals surface area (Å²) in [5.41, 5.74) is 9.82. The van der Waals surface area contributed by atoms with Crippen LogP contribution in [0.4, 0.5) is 0 Å². The summed E-state index contributed by atoms with van der Waals surface area (Å²) in [5.74, 6) is 2.47. The van der Waals surface area contributed by atoms with E-state index in [0.29, 0.717) is 0 Å². The second kappa shape index (κ2) is 26.2. The molecule has 2 aromatic carbocycles. The zero-order chi connectivity index (χ0) is 46.2. The van der Waals surface area contributed by atoms with Crippen LogP contribution in [0, 0.1) is 12.1 Å². The molecule has 0 spiro atoms. The van der Waals surface area contributed by atoms with Crippen molar-refractivity contribution in [3.05, 3.63) is 69.8 Å². The number of rotatable bonds is 13. The Morgan fingerprint density at radius 1 is 0.403 bits per heavy atom. The minimum absolute atomic E-state index is 0. The monoisotopic (exact) mass is 1310 g/mol. The van der Waals surface area contributed by atoms with Crippen LogP contribution in [0.25, 0.3) is 0 Å². The predicted octanol–water partition coefficient (Wildman–Crippen LogP) is 15.7. The zero-order valence-corrected chi connectivity index (χ0v) is 59.2. The molecule has 3 saturated carbocycles. The van der Waals surface area contributed by atoms with Crippen molar-refractivity contribution in [1.29, 1.82) is 0 Å². The molecule has 0 aromatic heterocycles. The van der Waals surface area contributed by atoms with E-state index < -0.39 is 48.4 Å². The molecule has 0 bridgehead atoms. The molecule has 0 nitrogen and oxygen atoms in total. The Bertz CT molecular complexity index is 1360. The Morgan fingerprint density at radius 3 is 0.935 bits per heavy atom. The van der Waals surface area contributed by atoms with Gasteiger partial charge in [0.15, 0.2) is 0 Å². The van der Waals surface area contributed by atoms with Gasteiger partial charge in [0, 0.05) is 48.4 Å². The minimum Gasteiger partial charge on any atom is -0.0546 e. The Morgan fingerprint density at radius 2 is 0.677 bits per heavy atom. The average molecular weight is 1310 g/mol. The molecule has 62 heavy (non-hydrogen) atoms. The average Bonchev–Trinajstić information content (AvgIpc) is 3.12. The van der Waals surface area contributed by atoms with E-state index in [2.05, 4.69) is 183 Å². The summed E-state index contributed by atoms with van der Waals surface area (Å²) in [6.45, 7) is 47.0. The predicted molar refractivity (Wildman–Crippen MR) is 305 cm³/mol. The molecule has 3 fully saturated rings. The van der Waals surface area contributed by atoms with E-state index in [4.69, 9.17) is 0 Å². The van der Waals surface area contributed by atoms with Gasteiger partial charge in [-0.2, -0.15) is 0 Å². The molecule has 3 aliphatic rings. The summed E-state index contributed by atoms with van der Waals surface area (Å²) in [4.78, 5) is 0. The summed E-state index contributed by atoms with van der Waals surface area (Å²) in [5, 5.41) is 2.32. The van der Waals surface area contributed by atoms with Crippen LogP contribution in [-0.2, 0) is 0 Å². The maximum absolute atomic E-state index is 4.24. The molecule has 0 amide bonds. The number of hydrogen-bond acceptors (Lipinski definition) is 0. The van der Waals surface area contributed by atoms with Crippen molar-refractivity contribution in [2.24, 2.45) is 0 Å². The first-order valence-electron chi connectivity index (χ1n) is 24.7. The van der Waals surface area contributed by atoms with E-state index >= 15 is 0 Å². The third-order valence-corrected chi connectivity index (χ3v) is 62.3. The standard InChI is InChI=1S/C27H59Si6.C24H35.H2Se4.Sn/c1-28(2,3)25(29(4,5)6)22-19-23(26(30(7,8)9)31(10,11)12)21-24(20-22)27(32(13,14)15)33(16,17)18;1-4-10-19(11-5-1)22-16-23(20-12-6-2-7-13-20)18-24(17-22)21-14-8-3-9-15-21;1-3-4-2;/h19-20,25-27H,1-18H3;16-17,19-21H,1-15H2;1-2H;/q;;;+2/p-2. The van der Waals surface area contributed by atoms with Crippen LogP contribution in [0.3, 0.4) is 0 Å². The summed E-state index contributed by atoms with van der Waals surface area (Å²) in [7, 11) is -8.28. The van der Waals surface area contributed by atoms with Crippen LogP contribution in [0.5, 0.6) is 0 Å². The van der Waals surface area contributed by atoms with Crippen molar-refractivity contribution in [2.45, 2.75) is 247 Å². The fourth-order valence-corrected chi connectivity index (χ4v) is 51.3. The van der Waals surface area contributed by atoms with Gasteiger partial charge in [-0.3, -0.25) is 0 Å². The second-order valence-corrected chi connectivity index (χ2v) is 78.8. The molecule has 0 unspecified atom stereocenters. The van der Waals surface area contributed by atoms with Crippen LogP contribution in [-0.4, -0.2) is 123 Å². The van der Waals surface area contributed by atoms with E-state index in [1.807, 2.05) is 0 Å². The van der Waals surface area contributed by atoms with Crippen molar-refractivity contribution in [2.75, 3.05) is 0 Å². The quantitative estimate of drug-likeness (QED) is 0.175. The molecule has 0 aliphatic heterocycles. The zero-order valence-electron chi connectivity index (χ0n) is 43.5. The van der Waals surface area contributed by atoms with Gasteiger partial charge in [-0.05, 0) is 117 Å². The molecule has 3 aliphatic carbocycles. The van der Waals surface area contributed by atoms with Crippen LogP contribution in [0.2, 0.25) is 118 Å². The van der Waals surface area contributed by atoms with Crippen LogP contribution in [0.15, 0.2) is 24.3 Å². The molecule has 350 valence electrons. The Labute approximate surface area is 435 Å². The van der Waals surface area contributed by atoms with Gasteiger partial charge < -0.3 is 0 Å². The van der Waals surface area contributed by atoms with Crippen LogP contribution >= 0.6 is 0 Å². The normalized spacial score (nSPS) is 18.2. The van der Waals surface area contributed by atoms with Gasteiger partial charge in [0.1, 0.15) is 0 Å². The van der Waals surface area contributed by atoms with E-state index in [0.717, 1.165) is 55.9 Å². The molecule has 2 aromatic rings. The minimum atomic E-state index is -1.39. The van der Waals surface area contributed by atoms with Crippen LogP contribution < -0.4 is 0 Å². The topological polar surface area (TPSA) is 0 Å². The summed E-state index contributed by atoms with van der Waals surface area (Å²) in [6.07, 6.45) is 21.5. The Kier molecular flexibility index (Phi) is 25.6. The summed E-state index contributed by atoms with van der Waals surface area (Å²) < 4.78 is 0. The third kappa shape index (κ3) is 19.1. The SMILES string of the molecule is C[Si](C)(C)C(c1[c]c(C([Si](C)(C)C)[Si](C)(C)C)cc(C([Si](C)(C)C)[Si](C)(C)C)c1)[Si](C)(C)C.[Se-][Se][Se][Se-].[Sn+2].[c]1c(C2CCCCC2)cc(C2CCCCC2)cc1C1CCCCC1. The molecule has 0 saturated heterocycles. The largest absolute Gasteiger partial charge is 2.00 e. The molecule has 4 radical (unpaired) electrons. The molecule has 5 rings (SSSR count). The van der Waals surface area contributed by atoms with Gasteiger partial charge >= 0.3 is 74.9 Å². The first-order chi connectivity index (χ1) is 28.0. The molecule has 0 N–H and O–H groups in total. The van der Waals surface area contributed by atoms with Crippen molar-refractivity contribution in [1.82, 2.24) is 0 Å². The maximum Gasteiger partial charge on any atom is 2.00 e. The third-order valence-electron chi connectivity index (χ3n) is 14.2. The number of benzene rings is 2. The van der Waals surface area contributed by atoms with Crippen molar-refractivity contribution < 1.29 is 0 Å². The van der Waals surface area contributed by atoms with Crippen molar-refractivity contribution in [3.63, 3.8) is 0 Å². The van der Waals surface area contributed by atoms with Gasteiger partial charge in [0.25, 0.3) is 0 Å². The van der Waals surface area contributed by atoms with Crippen molar-refractivity contribution in [3.8, 4) is 0 Å². The first kappa shape index (κ1) is 60.7. The van der Waals surface area contributed by atoms with Crippen molar-refractivity contribution >= 4 is 123 Å². The second-order valence-electron chi connectivity index (χ2n) is 26.3. The van der Waals surface area contributed by atoms with Gasteiger partial charge in [-0.1, -0.05) is 200 Å². The van der Waals surface area contributed by atoms with E-state index in [1.165, 1.54) is 96.3 Å². The number of hydrogen-bond donors (Lipinski definition) is 0. The van der Waals surface area contributed by atoms with E-state index in [1.54, 1.807) is 33.4 Å². The maximum atomic E-state index is 4.24. The molecule has 0 atom stereocenters. The molecule has 11 heteroatoms. The smallest absolute Gasteiger partial charge is 0.0546 e. The van der Waals surface area contributed by atoms with Gasteiger partial charge in [-0.25, -0.2) is 0 Å². The van der Waals surface area contributed by atoms with Gasteiger partial charge in [0.05, 0.1) is 0 Å². The van der Waals surface area contributed by atoms with Gasteiger partial charge in [0.2, 0.25) is 0 Å². The first-order valence-corrected chi connectivity index (χ1v) is 59.2. The molecule has 0 heterocycles. The molecular weight excluding hydrogens is 1220 g/mol. The van der Waals surface area contributed by atoms with E-state index in [9.17, 15) is 0 Å².